The normalized spacial score (nSPS) is 12.9. The molecule has 1 atom stereocenters. The molecule has 4 N–H and O–H groups in total. The van der Waals surface area contributed by atoms with Crippen molar-refractivity contribution in [3.8, 4) is 0 Å². The van der Waals surface area contributed by atoms with Crippen molar-refractivity contribution in [1.29, 1.82) is 0 Å². The van der Waals surface area contributed by atoms with Crippen LogP contribution >= 0.6 is 0 Å². The van der Waals surface area contributed by atoms with Gasteiger partial charge < -0.3 is 16.4 Å². The van der Waals surface area contributed by atoms with Crippen molar-refractivity contribution in [3.05, 3.63) is 47.9 Å². The van der Waals surface area contributed by atoms with Gasteiger partial charge in [-0.25, -0.2) is 4.39 Å². The fourth-order valence-electron chi connectivity index (χ4n) is 1.39. The summed E-state index contributed by atoms with van der Waals surface area (Å²) in [4.78, 5) is 0. The van der Waals surface area contributed by atoms with Crippen LogP contribution in [0.1, 0.15) is 18.5 Å². The Morgan fingerprint density at radius 2 is 2.00 bits per heavy atom. The lowest BCUT2D eigenvalue weighted by molar-refractivity contribution is 0.626. The van der Waals surface area contributed by atoms with Gasteiger partial charge in [-0.3, -0.25) is 0 Å². The predicted octanol–water partition coefficient (Wildman–Crippen LogP) is 1.54. The fourth-order valence-corrected chi connectivity index (χ4v) is 1.39. The highest BCUT2D eigenvalue weighted by molar-refractivity contribution is 5.22. The van der Waals surface area contributed by atoms with Crippen molar-refractivity contribution in [2.75, 3.05) is 19.6 Å². The van der Waals surface area contributed by atoms with E-state index in [0.29, 0.717) is 0 Å². The zero-order valence-corrected chi connectivity index (χ0v) is 10.1. The van der Waals surface area contributed by atoms with E-state index in [9.17, 15) is 4.39 Å². The molecule has 1 aromatic rings. The largest absolute Gasteiger partial charge is 0.390 e. The summed E-state index contributed by atoms with van der Waals surface area (Å²) in [7, 11) is 0. The maximum atomic E-state index is 12.7. The first-order chi connectivity index (χ1) is 8.24. The van der Waals surface area contributed by atoms with Crippen LogP contribution in [0.3, 0.4) is 0 Å². The van der Waals surface area contributed by atoms with Gasteiger partial charge in [0, 0.05) is 19.1 Å². The molecule has 0 amide bonds. The maximum absolute atomic E-state index is 12.7. The van der Waals surface area contributed by atoms with Gasteiger partial charge in [-0.2, -0.15) is 0 Å². The van der Waals surface area contributed by atoms with Crippen molar-refractivity contribution in [3.63, 3.8) is 0 Å². The second kappa shape index (κ2) is 7.81. The minimum Gasteiger partial charge on any atom is -0.390 e. The van der Waals surface area contributed by atoms with Gasteiger partial charge in [-0.05, 0) is 36.5 Å². The van der Waals surface area contributed by atoms with Crippen LogP contribution in [0, 0.1) is 5.82 Å². The summed E-state index contributed by atoms with van der Waals surface area (Å²) in [6.45, 7) is 4.83. The molecule has 0 aromatic heterocycles. The zero-order chi connectivity index (χ0) is 12.5. The summed E-state index contributed by atoms with van der Waals surface area (Å²) in [5.74, 6) is -0.242. The molecular weight excluding hydrogens is 217 g/mol. The highest BCUT2D eigenvalue weighted by atomic mass is 19.1. The molecule has 94 valence electrons. The third-order valence-electron chi connectivity index (χ3n) is 2.37. The van der Waals surface area contributed by atoms with E-state index < -0.39 is 0 Å². The number of halogens is 1. The Hall–Kier alpha value is -1.39. The number of hydrogen-bond donors (Lipinski definition) is 3. The molecule has 0 heterocycles. The van der Waals surface area contributed by atoms with Gasteiger partial charge in [0.25, 0.3) is 0 Å². The third-order valence-corrected chi connectivity index (χ3v) is 2.37. The van der Waals surface area contributed by atoms with Gasteiger partial charge in [0.15, 0.2) is 0 Å². The maximum Gasteiger partial charge on any atom is 0.123 e. The molecule has 4 heteroatoms. The average Bonchev–Trinajstić information content (AvgIpc) is 2.34. The molecule has 1 unspecified atom stereocenters. The Kier molecular flexibility index (Phi) is 6.29. The Labute approximate surface area is 102 Å². The lowest BCUT2D eigenvalue weighted by Gasteiger charge is -2.07. The highest BCUT2D eigenvalue weighted by Crippen LogP contribution is 2.11. The first-order valence-electron chi connectivity index (χ1n) is 5.86. The monoisotopic (exact) mass is 237 g/mol. The van der Waals surface area contributed by atoms with E-state index in [-0.39, 0.29) is 11.9 Å². The summed E-state index contributed by atoms with van der Waals surface area (Å²) in [6, 6.07) is 6.03. The molecule has 0 aliphatic heterocycles. The van der Waals surface area contributed by atoms with Crippen LogP contribution in [-0.2, 0) is 0 Å². The summed E-state index contributed by atoms with van der Waals surface area (Å²) in [5.41, 5.74) is 6.82. The standard InChI is InChI=1S/C13H20FN3/c1-2-16-9-10-17-8-7-13(15)11-3-5-12(14)6-4-11/h3-8,13,16-17H,2,9-10,15H2,1H3/b8-7-. The number of nitrogens with one attached hydrogen (secondary N) is 2. The first kappa shape index (κ1) is 13.7. The number of nitrogens with two attached hydrogens (primary N) is 1. The van der Waals surface area contributed by atoms with Gasteiger partial charge in [0.05, 0.1) is 0 Å². The fraction of sp³-hybridized carbons (Fsp3) is 0.385. The van der Waals surface area contributed by atoms with Crippen molar-refractivity contribution >= 4 is 0 Å². The topological polar surface area (TPSA) is 50.1 Å². The van der Waals surface area contributed by atoms with Gasteiger partial charge in [-0.15, -0.1) is 0 Å². The number of benzene rings is 1. The minimum absolute atomic E-state index is 0.206. The Balaban J connectivity index is 2.30. The Bertz CT molecular complexity index is 335. The predicted molar refractivity (Wildman–Crippen MR) is 69.0 cm³/mol. The number of hydrogen-bond acceptors (Lipinski definition) is 3. The van der Waals surface area contributed by atoms with E-state index in [1.807, 2.05) is 12.3 Å². The minimum atomic E-state index is -0.242. The number of likely N-dealkylation sites (N-methyl/N-ethyl adjacent to an activating group) is 1. The molecular formula is C13H20FN3. The number of rotatable bonds is 7. The van der Waals surface area contributed by atoms with Crippen LogP contribution < -0.4 is 16.4 Å². The van der Waals surface area contributed by atoms with Crippen molar-refractivity contribution in [2.24, 2.45) is 5.73 Å². The summed E-state index contributed by atoms with van der Waals surface area (Å²) < 4.78 is 12.7. The van der Waals surface area contributed by atoms with Crippen molar-refractivity contribution in [2.45, 2.75) is 13.0 Å². The van der Waals surface area contributed by atoms with E-state index in [2.05, 4.69) is 17.6 Å². The highest BCUT2D eigenvalue weighted by Gasteiger charge is 2.00. The van der Waals surface area contributed by atoms with E-state index in [1.54, 1.807) is 12.1 Å². The molecule has 1 aromatic carbocycles. The molecule has 0 radical (unpaired) electrons. The van der Waals surface area contributed by atoms with Crippen LogP contribution in [0.4, 0.5) is 4.39 Å². The SMILES string of the molecule is CCNCCN/C=C\C(N)c1ccc(F)cc1. The van der Waals surface area contributed by atoms with Crippen LogP contribution in [0.15, 0.2) is 36.5 Å². The molecule has 0 spiro atoms. The Morgan fingerprint density at radius 3 is 2.65 bits per heavy atom. The van der Waals surface area contributed by atoms with Crippen LogP contribution in [-0.4, -0.2) is 19.6 Å². The average molecular weight is 237 g/mol. The van der Waals surface area contributed by atoms with Crippen LogP contribution in [0.25, 0.3) is 0 Å². The molecule has 0 fully saturated rings. The summed E-state index contributed by atoms with van der Waals surface area (Å²) in [6.07, 6.45) is 3.70. The molecule has 0 aliphatic carbocycles. The zero-order valence-electron chi connectivity index (χ0n) is 10.1. The van der Waals surface area contributed by atoms with E-state index >= 15 is 0 Å². The third kappa shape index (κ3) is 5.47. The van der Waals surface area contributed by atoms with Gasteiger partial charge in [0.1, 0.15) is 5.82 Å². The molecule has 17 heavy (non-hydrogen) atoms. The lowest BCUT2D eigenvalue weighted by Crippen LogP contribution is -2.24. The smallest absolute Gasteiger partial charge is 0.123 e. The molecule has 3 nitrogen and oxygen atoms in total. The van der Waals surface area contributed by atoms with Crippen molar-refractivity contribution < 1.29 is 4.39 Å². The molecule has 1 rings (SSSR count). The van der Waals surface area contributed by atoms with E-state index in [4.69, 9.17) is 5.73 Å². The first-order valence-corrected chi connectivity index (χ1v) is 5.86. The van der Waals surface area contributed by atoms with Gasteiger partial charge in [0.2, 0.25) is 0 Å². The Morgan fingerprint density at radius 1 is 1.29 bits per heavy atom. The van der Waals surface area contributed by atoms with Crippen molar-refractivity contribution in [1.82, 2.24) is 10.6 Å². The summed E-state index contributed by atoms with van der Waals surface area (Å²) >= 11 is 0. The molecule has 0 saturated heterocycles. The second-order valence-electron chi connectivity index (χ2n) is 3.74. The van der Waals surface area contributed by atoms with E-state index in [1.165, 1.54) is 12.1 Å². The molecule has 0 bridgehead atoms. The second-order valence-corrected chi connectivity index (χ2v) is 3.74. The van der Waals surface area contributed by atoms with Gasteiger partial charge in [-0.1, -0.05) is 19.1 Å². The van der Waals surface area contributed by atoms with Gasteiger partial charge >= 0.3 is 0 Å². The lowest BCUT2D eigenvalue weighted by atomic mass is 10.1. The van der Waals surface area contributed by atoms with Crippen LogP contribution in [0.2, 0.25) is 0 Å². The molecule has 0 aliphatic rings. The quantitative estimate of drug-likeness (QED) is 0.630. The van der Waals surface area contributed by atoms with E-state index in [0.717, 1.165) is 25.2 Å². The summed E-state index contributed by atoms with van der Waals surface area (Å²) in [5, 5.41) is 6.34. The van der Waals surface area contributed by atoms with Crippen LogP contribution in [0.5, 0.6) is 0 Å². The molecule has 0 saturated carbocycles.